The van der Waals surface area contributed by atoms with Crippen molar-refractivity contribution in [1.82, 2.24) is 35.3 Å². The molecule has 0 amide bonds. The van der Waals surface area contributed by atoms with Crippen LogP contribution < -0.4 is 10.2 Å². The van der Waals surface area contributed by atoms with Gasteiger partial charge in [-0.1, -0.05) is 18.2 Å². The van der Waals surface area contributed by atoms with E-state index >= 15 is 0 Å². The van der Waals surface area contributed by atoms with Crippen LogP contribution in [0.3, 0.4) is 0 Å². The maximum absolute atomic E-state index is 5.50. The van der Waals surface area contributed by atoms with Crippen molar-refractivity contribution in [3.63, 3.8) is 0 Å². The summed E-state index contributed by atoms with van der Waals surface area (Å²) < 4.78 is 5.50. The molecule has 10 nitrogen and oxygen atoms in total. The quantitative estimate of drug-likeness (QED) is 0.411. The Morgan fingerprint density at radius 1 is 0.839 bits per heavy atom. The van der Waals surface area contributed by atoms with Gasteiger partial charge in [-0.05, 0) is 18.2 Å². The first-order valence-electron chi connectivity index (χ1n) is 10.1. The van der Waals surface area contributed by atoms with Gasteiger partial charge in [0.2, 0.25) is 11.9 Å². The maximum atomic E-state index is 5.50. The minimum atomic E-state index is 0.473. The molecule has 0 saturated carbocycles. The highest BCUT2D eigenvalue weighted by atomic mass is 16.5. The standard InChI is InChI=1S/C21H19N9O/c1-3-13(14-11-22-28-17(14)5-1)19-25-20(27-21(26-19)30-7-9-31-10-8-30)24-16-4-2-6-18-15(16)12-23-29-18/h1-6,11-12H,7-10H2,(H,22,28)(H,23,29)(H,24,25,26,27). The van der Waals surface area contributed by atoms with Gasteiger partial charge in [-0.25, -0.2) is 0 Å². The topological polar surface area (TPSA) is 121 Å². The average molecular weight is 413 g/mol. The molecule has 0 spiro atoms. The number of nitrogens with one attached hydrogen (secondary N) is 3. The van der Waals surface area contributed by atoms with Gasteiger partial charge in [0.05, 0.1) is 42.3 Å². The first-order chi connectivity index (χ1) is 15.3. The van der Waals surface area contributed by atoms with Crippen LogP contribution in [-0.2, 0) is 4.74 Å². The summed E-state index contributed by atoms with van der Waals surface area (Å²) in [6, 6.07) is 11.9. The molecule has 1 aliphatic rings. The van der Waals surface area contributed by atoms with Crippen LogP contribution in [-0.4, -0.2) is 61.6 Å². The van der Waals surface area contributed by atoms with Crippen LogP contribution in [0.25, 0.3) is 33.2 Å². The summed E-state index contributed by atoms with van der Waals surface area (Å²) in [5.41, 5.74) is 3.64. The summed E-state index contributed by atoms with van der Waals surface area (Å²) in [6.45, 7) is 2.76. The van der Waals surface area contributed by atoms with Crippen LogP contribution in [0.15, 0.2) is 48.8 Å². The van der Waals surface area contributed by atoms with Crippen LogP contribution in [0.2, 0.25) is 0 Å². The largest absolute Gasteiger partial charge is 0.378 e. The molecule has 0 unspecified atom stereocenters. The Hall–Kier alpha value is -4.05. The number of nitrogens with zero attached hydrogens (tertiary/aromatic N) is 6. The molecule has 2 aromatic carbocycles. The number of fused-ring (bicyclic) bond motifs is 2. The number of aromatic amines is 2. The lowest BCUT2D eigenvalue weighted by molar-refractivity contribution is 0.122. The van der Waals surface area contributed by atoms with Gasteiger partial charge in [0.25, 0.3) is 0 Å². The van der Waals surface area contributed by atoms with E-state index in [0.717, 1.165) is 46.1 Å². The third kappa shape index (κ3) is 3.22. The van der Waals surface area contributed by atoms with Gasteiger partial charge >= 0.3 is 0 Å². The highest BCUT2D eigenvalue weighted by Crippen LogP contribution is 2.29. The third-order valence-electron chi connectivity index (χ3n) is 5.37. The summed E-state index contributed by atoms with van der Waals surface area (Å²) in [4.78, 5) is 16.4. The Labute approximate surface area is 176 Å². The van der Waals surface area contributed by atoms with Gasteiger partial charge in [0.1, 0.15) is 0 Å². The number of hydrogen-bond acceptors (Lipinski definition) is 8. The van der Waals surface area contributed by atoms with Crippen LogP contribution in [0, 0.1) is 0 Å². The molecule has 5 aromatic rings. The highest BCUT2D eigenvalue weighted by molar-refractivity contribution is 5.94. The van der Waals surface area contributed by atoms with E-state index in [1.165, 1.54) is 0 Å². The second kappa shape index (κ2) is 7.33. The fourth-order valence-electron chi connectivity index (χ4n) is 3.81. The number of rotatable bonds is 4. The van der Waals surface area contributed by atoms with Crippen molar-refractivity contribution >= 4 is 39.4 Å². The summed E-state index contributed by atoms with van der Waals surface area (Å²) in [5.74, 6) is 1.68. The maximum Gasteiger partial charge on any atom is 0.232 e. The molecular weight excluding hydrogens is 394 g/mol. The Kier molecular flexibility index (Phi) is 4.20. The molecule has 3 aromatic heterocycles. The predicted octanol–water partition coefficient (Wildman–Crippen LogP) is 2.87. The third-order valence-corrected chi connectivity index (χ3v) is 5.37. The van der Waals surface area contributed by atoms with E-state index in [0.29, 0.717) is 30.9 Å². The van der Waals surface area contributed by atoms with Crippen LogP contribution >= 0.6 is 0 Å². The van der Waals surface area contributed by atoms with Crippen molar-refractivity contribution in [3.8, 4) is 11.4 Å². The molecule has 1 saturated heterocycles. The van der Waals surface area contributed by atoms with Gasteiger partial charge in [0, 0.05) is 29.4 Å². The number of ether oxygens (including phenoxy) is 1. The zero-order valence-electron chi connectivity index (χ0n) is 16.5. The Bertz CT molecular complexity index is 1370. The molecule has 0 radical (unpaired) electrons. The minimum Gasteiger partial charge on any atom is -0.378 e. The molecule has 6 rings (SSSR count). The van der Waals surface area contributed by atoms with E-state index in [-0.39, 0.29) is 0 Å². The van der Waals surface area contributed by atoms with Crippen LogP contribution in [0.1, 0.15) is 0 Å². The van der Waals surface area contributed by atoms with Crippen molar-refractivity contribution in [3.05, 3.63) is 48.8 Å². The molecule has 4 heterocycles. The fraction of sp³-hybridized carbons (Fsp3) is 0.190. The number of hydrogen-bond donors (Lipinski definition) is 3. The Morgan fingerprint density at radius 2 is 1.58 bits per heavy atom. The van der Waals surface area contributed by atoms with Crippen molar-refractivity contribution in [2.24, 2.45) is 0 Å². The van der Waals surface area contributed by atoms with E-state index < -0.39 is 0 Å². The van der Waals surface area contributed by atoms with E-state index in [1.54, 1.807) is 12.4 Å². The number of anilines is 3. The van der Waals surface area contributed by atoms with Gasteiger partial charge in [0.15, 0.2) is 5.82 Å². The van der Waals surface area contributed by atoms with Crippen molar-refractivity contribution < 1.29 is 4.74 Å². The van der Waals surface area contributed by atoms with Crippen molar-refractivity contribution in [2.75, 3.05) is 36.5 Å². The number of H-pyrrole nitrogens is 2. The molecule has 31 heavy (non-hydrogen) atoms. The zero-order chi connectivity index (χ0) is 20.6. The first kappa shape index (κ1) is 17.8. The molecule has 1 aliphatic heterocycles. The van der Waals surface area contributed by atoms with E-state index in [1.807, 2.05) is 36.4 Å². The van der Waals surface area contributed by atoms with Gasteiger partial charge in [-0.2, -0.15) is 25.1 Å². The Balaban J connectivity index is 1.48. The van der Waals surface area contributed by atoms with E-state index in [4.69, 9.17) is 19.7 Å². The smallest absolute Gasteiger partial charge is 0.232 e. The van der Waals surface area contributed by atoms with Gasteiger partial charge in [-0.15, -0.1) is 0 Å². The van der Waals surface area contributed by atoms with Crippen molar-refractivity contribution in [2.45, 2.75) is 0 Å². The molecule has 1 fully saturated rings. The number of aromatic nitrogens is 7. The molecule has 3 N–H and O–H groups in total. The van der Waals surface area contributed by atoms with Crippen molar-refractivity contribution in [1.29, 1.82) is 0 Å². The summed E-state index contributed by atoms with van der Waals surface area (Å²) in [7, 11) is 0. The normalized spacial score (nSPS) is 14.4. The molecule has 154 valence electrons. The monoisotopic (exact) mass is 413 g/mol. The summed E-state index contributed by atoms with van der Waals surface area (Å²) in [5, 5.41) is 19.6. The van der Waals surface area contributed by atoms with E-state index in [2.05, 4.69) is 30.6 Å². The van der Waals surface area contributed by atoms with Gasteiger partial charge < -0.3 is 15.0 Å². The molecule has 10 heteroatoms. The Morgan fingerprint density at radius 3 is 2.42 bits per heavy atom. The van der Waals surface area contributed by atoms with Crippen LogP contribution in [0.4, 0.5) is 17.6 Å². The van der Waals surface area contributed by atoms with Crippen LogP contribution in [0.5, 0.6) is 0 Å². The lowest BCUT2D eigenvalue weighted by Crippen LogP contribution is -2.37. The summed E-state index contributed by atoms with van der Waals surface area (Å²) in [6.07, 6.45) is 3.58. The average Bonchev–Trinajstić information content (AvgIpc) is 3.49. The lowest BCUT2D eigenvalue weighted by atomic mass is 10.1. The highest BCUT2D eigenvalue weighted by Gasteiger charge is 2.19. The second-order valence-electron chi connectivity index (χ2n) is 7.28. The molecule has 0 atom stereocenters. The lowest BCUT2D eigenvalue weighted by Gasteiger charge is -2.27. The number of morpholine rings is 1. The number of benzene rings is 2. The zero-order valence-corrected chi connectivity index (χ0v) is 16.5. The second-order valence-corrected chi connectivity index (χ2v) is 7.28. The minimum absolute atomic E-state index is 0.473. The summed E-state index contributed by atoms with van der Waals surface area (Å²) >= 11 is 0. The first-order valence-corrected chi connectivity index (χ1v) is 10.1. The fourth-order valence-corrected chi connectivity index (χ4v) is 3.81. The predicted molar refractivity (Wildman–Crippen MR) is 117 cm³/mol. The van der Waals surface area contributed by atoms with E-state index in [9.17, 15) is 0 Å². The SMILES string of the molecule is c1cc(Nc2nc(-c3cccc4[nH]ncc34)nc(N3CCOCC3)n2)c2cn[nH]c2c1. The molecule has 0 aliphatic carbocycles. The molecule has 0 bridgehead atoms. The molecular formula is C21H19N9O. The van der Waals surface area contributed by atoms with Gasteiger partial charge in [-0.3, -0.25) is 10.2 Å².